The molecular weight excluding hydrogens is 313 g/mol. The Morgan fingerprint density at radius 2 is 2.15 bits per heavy atom. The number of hydrogen-bond acceptors (Lipinski definition) is 3. The molecule has 1 aliphatic rings. The molecule has 0 aromatic heterocycles. The fourth-order valence-corrected chi connectivity index (χ4v) is 2.68. The zero-order valence-electron chi connectivity index (χ0n) is 10.3. The Balaban J connectivity index is 2.32. The summed E-state index contributed by atoms with van der Waals surface area (Å²) < 4.78 is 37.9. The number of halogens is 4. The number of rotatable bonds is 2. The molecule has 20 heavy (non-hydrogen) atoms. The second kappa shape index (κ2) is 5.65. The Kier molecular flexibility index (Phi) is 4.29. The normalized spacial score (nSPS) is 21.4. The van der Waals surface area contributed by atoms with Gasteiger partial charge in [0.2, 0.25) is 5.91 Å². The first-order chi connectivity index (χ1) is 9.31. The van der Waals surface area contributed by atoms with E-state index in [1.54, 1.807) is 0 Å². The third kappa shape index (κ3) is 3.27. The topological polar surface area (TPSA) is 41.5 Å². The van der Waals surface area contributed by atoms with Crippen molar-refractivity contribution < 1.29 is 18.0 Å². The lowest BCUT2D eigenvalue weighted by Gasteiger charge is -2.08. The monoisotopic (exact) mass is 322 g/mol. The largest absolute Gasteiger partial charge is 0.416 e. The molecule has 108 valence electrons. The van der Waals surface area contributed by atoms with E-state index in [0.29, 0.717) is 6.42 Å². The first-order valence-corrected chi connectivity index (χ1v) is 7.00. The van der Waals surface area contributed by atoms with Gasteiger partial charge in [-0.05, 0) is 24.6 Å². The number of carbonyl (C=O) groups is 1. The van der Waals surface area contributed by atoms with Crippen LogP contribution < -0.4 is 5.32 Å². The highest BCUT2D eigenvalue weighted by atomic mass is 35.5. The van der Waals surface area contributed by atoms with Crippen LogP contribution in [0.5, 0.6) is 0 Å². The molecule has 0 saturated carbocycles. The van der Waals surface area contributed by atoms with Crippen LogP contribution in [0.2, 0.25) is 5.02 Å². The minimum Gasteiger partial charge on any atom is -0.304 e. The van der Waals surface area contributed by atoms with Gasteiger partial charge in [-0.15, -0.1) is 0 Å². The summed E-state index contributed by atoms with van der Waals surface area (Å²) >= 11 is 7.02. The number of nitrogens with one attached hydrogen (secondary N) is 1. The Labute approximate surface area is 122 Å². The van der Waals surface area contributed by atoms with Gasteiger partial charge in [0.05, 0.1) is 21.5 Å². The van der Waals surface area contributed by atoms with E-state index in [2.05, 4.69) is 10.3 Å². The average molecular weight is 323 g/mol. The number of amidine groups is 1. The van der Waals surface area contributed by atoms with E-state index >= 15 is 0 Å². The van der Waals surface area contributed by atoms with Gasteiger partial charge in [0.25, 0.3) is 0 Å². The lowest BCUT2D eigenvalue weighted by atomic mass is 10.2. The summed E-state index contributed by atoms with van der Waals surface area (Å²) in [5.41, 5.74) is -0.844. The first-order valence-electron chi connectivity index (χ1n) is 5.74. The number of benzene rings is 1. The minimum atomic E-state index is -4.46. The van der Waals surface area contributed by atoms with Crippen LogP contribution in [0.15, 0.2) is 23.2 Å². The summed E-state index contributed by atoms with van der Waals surface area (Å²) in [6.45, 7) is 1.84. The van der Waals surface area contributed by atoms with E-state index in [9.17, 15) is 18.0 Å². The number of alkyl halides is 3. The Morgan fingerprint density at radius 1 is 1.45 bits per heavy atom. The molecule has 8 heteroatoms. The maximum atomic E-state index is 12.6. The summed E-state index contributed by atoms with van der Waals surface area (Å²) in [5.74, 6) is -0.195. The van der Waals surface area contributed by atoms with Crippen molar-refractivity contribution in [2.45, 2.75) is 24.8 Å². The third-order valence-corrected chi connectivity index (χ3v) is 4.21. The minimum absolute atomic E-state index is 0.0129. The van der Waals surface area contributed by atoms with Crippen molar-refractivity contribution in [2.75, 3.05) is 0 Å². The van der Waals surface area contributed by atoms with Gasteiger partial charge in [0.15, 0.2) is 5.17 Å². The molecule has 3 nitrogen and oxygen atoms in total. The van der Waals surface area contributed by atoms with E-state index in [-0.39, 0.29) is 27.0 Å². The predicted octanol–water partition coefficient (Wildman–Crippen LogP) is 3.99. The second-order valence-electron chi connectivity index (χ2n) is 4.08. The Morgan fingerprint density at radius 3 is 2.70 bits per heavy atom. The molecule has 0 spiro atoms. The van der Waals surface area contributed by atoms with Crippen molar-refractivity contribution in [3.63, 3.8) is 0 Å². The van der Waals surface area contributed by atoms with E-state index in [1.807, 2.05) is 6.92 Å². The SMILES string of the molecule is CCC1SC(=Nc2cc(C(F)(F)F)ccc2Cl)NC1=O. The van der Waals surface area contributed by atoms with E-state index in [1.165, 1.54) is 11.8 Å². The molecule has 0 radical (unpaired) electrons. The number of aliphatic imine (C=N–C) groups is 1. The Hall–Kier alpha value is -1.21. The van der Waals surface area contributed by atoms with E-state index in [0.717, 1.165) is 18.2 Å². The van der Waals surface area contributed by atoms with E-state index < -0.39 is 11.7 Å². The lowest BCUT2D eigenvalue weighted by Crippen LogP contribution is -2.24. The summed E-state index contributed by atoms with van der Waals surface area (Å²) in [6, 6.07) is 2.89. The molecule has 0 bridgehead atoms. The molecule has 1 atom stereocenters. The van der Waals surface area contributed by atoms with Crippen LogP contribution in [0, 0.1) is 0 Å². The van der Waals surface area contributed by atoms with Crippen LogP contribution in [0.3, 0.4) is 0 Å². The van der Waals surface area contributed by atoms with Gasteiger partial charge in [-0.2, -0.15) is 13.2 Å². The molecule has 1 aromatic carbocycles. The summed E-state index contributed by atoms with van der Waals surface area (Å²) in [7, 11) is 0. The molecule has 1 N–H and O–H groups in total. The first kappa shape index (κ1) is 15.2. The van der Waals surface area contributed by atoms with Gasteiger partial charge in [-0.3, -0.25) is 4.79 Å². The zero-order chi connectivity index (χ0) is 14.9. The van der Waals surface area contributed by atoms with Crippen molar-refractivity contribution in [2.24, 2.45) is 4.99 Å². The van der Waals surface area contributed by atoms with Crippen molar-refractivity contribution in [1.29, 1.82) is 0 Å². The van der Waals surface area contributed by atoms with Gasteiger partial charge in [-0.1, -0.05) is 30.3 Å². The molecule has 0 aliphatic carbocycles. The van der Waals surface area contributed by atoms with Crippen LogP contribution >= 0.6 is 23.4 Å². The second-order valence-corrected chi connectivity index (χ2v) is 5.68. The summed E-state index contributed by atoms with van der Waals surface area (Å²) in [4.78, 5) is 15.5. The molecule has 2 rings (SSSR count). The molecule has 1 unspecified atom stereocenters. The Bertz CT molecular complexity index is 574. The number of amides is 1. The molecule has 1 fully saturated rings. The van der Waals surface area contributed by atoms with Gasteiger partial charge >= 0.3 is 6.18 Å². The molecule has 1 aromatic rings. The standard InChI is InChI=1S/C12H10ClF3N2OS/c1-2-9-10(19)18-11(20-9)17-8-5-6(12(14,15)16)3-4-7(8)13/h3-5,9H,2H2,1H3,(H,17,18,19). The van der Waals surface area contributed by atoms with Crippen LogP contribution in [0.4, 0.5) is 18.9 Å². The highest BCUT2D eigenvalue weighted by Crippen LogP contribution is 2.36. The fourth-order valence-electron chi connectivity index (χ4n) is 1.61. The van der Waals surface area contributed by atoms with Crippen molar-refractivity contribution >= 4 is 40.1 Å². The van der Waals surface area contributed by atoms with Crippen molar-refractivity contribution in [3.8, 4) is 0 Å². The quantitative estimate of drug-likeness (QED) is 0.894. The maximum Gasteiger partial charge on any atom is 0.416 e. The number of carbonyl (C=O) groups excluding carboxylic acids is 1. The number of thioether (sulfide) groups is 1. The number of nitrogens with zero attached hydrogens (tertiary/aromatic N) is 1. The van der Waals surface area contributed by atoms with Crippen LogP contribution in [-0.4, -0.2) is 16.3 Å². The molecule has 1 heterocycles. The summed E-state index contributed by atoms with van der Waals surface area (Å²) in [5, 5.41) is 2.62. The lowest BCUT2D eigenvalue weighted by molar-refractivity contribution is -0.137. The van der Waals surface area contributed by atoms with Gasteiger partial charge in [0.1, 0.15) is 0 Å². The van der Waals surface area contributed by atoms with Crippen LogP contribution in [0.25, 0.3) is 0 Å². The molecule has 1 saturated heterocycles. The smallest absolute Gasteiger partial charge is 0.304 e. The molecule has 1 aliphatic heterocycles. The zero-order valence-corrected chi connectivity index (χ0v) is 11.9. The van der Waals surface area contributed by atoms with Crippen molar-refractivity contribution in [1.82, 2.24) is 5.32 Å². The highest BCUT2D eigenvalue weighted by Gasteiger charge is 2.32. The van der Waals surface area contributed by atoms with Gasteiger partial charge in [0, 0.05) is 0 Å². The number of hydrogen-bond donors (Lipinski definition) is 1. The predicted molar refractivity (Wildman–Crippen MR) is 73.4 cm³/mol. The van der Waals surface area contributed by atoms with Crippen LogP contribution in [-0.2, 0) is 11.0 Å². The highest BCUT2D eigenvalue weighted by molar-refractivity contribution is 8.15. The van der Waals surface area contributed by atoms with Gasteiger partial charge < -0.3 is 5.32 Å². The fraction of sp³-hybridized carbons (Fsp3) is 0.333. The third-order valence-electron chi connectivity index (χ3n) is 2.64. The van der Waals surface area contributed by atoms with Gasteiger partial charge in [-0.25, -0.2) is 4.99 Å². The molecule has 1 amide bonds. The maximum absolute atomic E-state index is 12.6. The molecular formula is C12H10ClF3N2OS. The van der Waals surface area contributed by atoms with E-state index in [4.69, 9.17) is 11.6 Å². The van der Waals surface area contributed by atoms with Crippen molar-refractivity contribution in [3.05, 3.63) is 28.8 Å². The average Bonchev–Trinajstić information content (AvgIpc) is 2.71. The van der Waals surface area contributed by atoms with Crippen LogP contribution in [0.1, 0.15) is 18.9 Å². The summed E-state index contributed by atoms with van der Waals surface area (Å²) in [6.07, 6.45) is -3.84.